The van der Waals surface area contributed by atoms with Crippen LogP contribution in [0.4, 0.5) is 0 Å². The van der Waals surface area contributed by atoms with Crippen LogP contribution < -0.4 is 8.85 Å². The highest BCUT2D eigenvalue weighted by molar-refractivity contribution is 6.75. The van der Waals surface area contributed by atoms with E-state index in [2.05, 4.69) is 81.6 Å². The quantitative estimate of drug-likeness (QED) is 0.363. The molecule has 0 radical (unpaired) electrons. The molecule has 1 aromatic carbocycles. The Hall–Kier alpha value is -1.67. The summed E-state index contributed by atoms with van der Waals surface area (Å²) >= 11 is 0. The number of hydrogen-bond acceptors (Lipinski definition) is 4. The first-order chi connectivity index (χ1) is 14.4. The van der Waals surface area contributed by atoms with Crippen LogP contribution in [-0.4, -0.2) is 28.2 Å². The molecular weight excluding hydrogens is 432 g/mol. The summed E-state index contributed by atoms with van der Waals surface area (Å²) in [6, 6.07) is 3.66. The average Bonchev–Trinajstić information content (AvgIpc) is 2.64. The van der Waals surface area contributed by atoms with Crippen LogP contribution in [-0.2, 0) is 0 Å². The molecule has 0 saturated carbocycles. The second-order valence-corrected chi connectivity index (χ2v) is 20.9. The molecule has 0 aliphatic heterocycles. The highest BCUT2D eigenvalue weighted by atomic mass is 28.4. The van der Waals surface area contributed by atoms with Gasteiger partial charge in [-0.15, -0.1) is 0 Å². The van der Waals surface area contributed by atoms with E-state index >= 15 is 0 Å². The predicted molar refractivity (Wildman–Crippen MR) is 138 cm³/mol. The molecule has 1 aromatic rings. The Morgan fingerprint density at radius 3 is 1.19 bits per heavy atom. The fourth-order valence-corrected chi connectivity index (χ4v) is 8.49. The number of carbonyl (C=O) groups is 2. The van der Waals surface area contributed by atoms with Crippen LogP contribution in [0.1, 0.15) is 76.1 Å². The number of allylic oxidation sites excluding steroid dienone is 2. The van der Waals surface area contributed by atoms with Gasteiger partial charge in [-0.25, -0.2) is 0 Å². The maximum Gasteiger partial charge on any atom is 0.251 e. The lowest BCUT2D eigenvalue weighted by molar-refractivity contribution is 0.0990. The van der Waals surface area contributed by atoms with Gasteiger partial charge < -0.3 is 8.85 Å². The summed E-state index contributed by atoms with van der Waals surface area (Å²) in [6.07, 6.45) is 2.70. The van der Waals surface area contributed by atoms with Gasteiger partial charge in [-0.1, -0.05) is 55.4 Å². The Bertz CT molecular complexity index is 862. The van der Waals surface area contributed by atoms with Gasteiger partial charge in [0.25, 0.3) is 16.6 Å². The van der Waals surface area contributed by atoms with E-state index in [0.29, 0.717) is 34.5 Å². The van der Waals surface area contributed by atoms with Crippen molar-refractivity contribution in [2.24, 2.45) is 11.8 Å². The standard InChI is InChI=1S/C26H42O4Si2/c1-17(2)25(5,6)31(9,10)29-21-15-16-22(24-20(28)14-13-19(27)23(21)24)30-32(11,12)26(7,8)18(3)4/h13-18H,1-12H3. The molecule has 4 nitrogen and oxygen atoms in total. The molecule has 32 heavy (non-hydrogen) atoms. The predicted octanol–water partition coefficient (Wildman–Crippen LogP) is 7.66. The van der Waals surface area contributed by atoms with Crippen molar-refractivity contribution in [1.82, 2.24) is 0 Å². The van der Waals surface area contributed by atoms with Crippen molar-refractivity contribution in [2.45, 2.75) is 91.7 Å². The minimum absolute atomic E-state index is 0.0250. The summed E-state index contributed by atoms with van der Waals surface area (Å²) in [7, 11) is -4.55. The molecule has 0 atom stereocenters. The van der Waals surface area contributed by atoms with Gasteiger partial charge in [-0.2, -0.15) is 0 Å². The third kappa shape index (κ3) is 4.53. The van der Waals surface area contributed by atoms with E-state index in [0.717, 1.165) is 0 Å². The summed E-state index contributed by atoms with van der Waals surface area (Å²) in [6.45, 7) is 26.4. The highest BCUT2D eigenvalue weighted by Gasteiger charge is 2.47. The van der Waals surface area contributed by atoms with Crippen LogP contribution in [0.3, 0.4) is 0 Å². The molecule has 6 heteroatoms. The van der Waals surface area contributed by atoms with Gasteiger partial charge in [0.15, 0.2) is 11.6 Å². The van der Waals surface area contributed by atoms with Crippen LogP contribution in [0.5, 0.6) is 11.5 Å². The first-order valence-electron chi connectivity index (χ1n) is 11.7. The summed E-state index contributed by atoms with van der Waals surface area (Å²) in [5.41, 5.74) is 0.699. The Balaban J connectivity index is 2.62. The fourth-order valence-electron chi connectivity index (χ4n) is 3.75. The molecule has 178 valence electrons. The molecular formula is C26H42O4Si2. The second-order valence-electron chi connectivity index (χ2n) is 11.9. The third-order valence-corrected chi connectivity index (χ3v) is 17.6. The molecule has 1 aliphatic rings. The van der Waals surface area contributed by atoms with Crippen LogP contribution in [0.2, 0.25) is 36.3 Å². The summed E-state index contributed by atoms with van der Waals surface area (Å²) in [5.74, 6) is 1.45. The Kier molecular flexibility index (Phi) is 7.14. The van der Waals surface area contributed by atoms with E-state index in [4.69, 9.17) is 8.85 Å². The average molecular weight is 475 g/mol. The van der Waals surface area contributed by atoms with Crippen molar-refractivity contribution in [3.05, 3.63) is 35.4 Å². The summed E-state index contributed by atoms with van der Waals surface area (Å²) in [4.78, 5) is 26.0. The number of hydrogen-bond donors (Lipinski definition) is 0. The first-order valence-corrected chi connectivity index (χ1v) is 17.5. The van der Waals surface area contributed by atoms with Crippen LogP contribution >= 0.6 is 0 Å². The number of rotatable bonds is 8. The van der Waals surface area contributed by atoms with E-state index in [1.807, 2.05) is 12.1 Å². The van der Waals surface area contributed by atoms with E-state index in [1.54, 1.807) is 0 Å². The van der Waals surface area contributed by atoms with Crippen molar-refractivity contribution >= 4 is 28.2 Å². The van der Waals surface area contributed by atoms with Gasteiger partial charge in [0, 0.05) is 0 Å². The maximum atomic E-state index is 13.0. The lowest BCUT2D eigenvalue weighted by Crippen LogP contribution is -2.48. The molecule has 0 fully saturated rings. The largest absolute Gasteiger partial charge is 0.543 e. The normalized spacial score (nSPS) is 15.4. The Morgan fingerprint density at radius 2 is 0.938 bits per heavy atom. The van der Waals surface area contributed by atoms with Gasteiger partial charge in [0.05, 0.1) is 11.1 Å². The minimum Gasteiger partial charge on any atom is -0.543 e. The maximum absolute atomic E-state index is 13.0. The number of carbonyl (C=O) groups excluding carboxylic acids is 2. The highest BCUT2D eigenvalue weighted by Crippen LogP contribution is 2.48. The smallest absolute Gasteiger partial charge is 0.251 e. The lowest BCUT2D eigenvalue weighted by Gasteiger charge is -2.44. The van der Waals surface area contributed by atoms with Crippen molar-refractivity contribution in [3.63, 3.8) is 0 Å². The monoisotopic (exact) mass is 474 g/mol. The van der Waals surface area contributed by atoms with E-state index < -0.39 is 16.6 Å². The molecule has 0 spiro atoms. The van der Waals surface area contributed by atoms with Gasteiger partial charge in [-0.05, 0) is 72.4 Å². The molecule has 0 saturated heterocycles. The number of ketones is 2. The SMILES string of the molecule is CC(C)C(C)(C)[Si](C)(C)Oc1ccc(O[Si](C)(C)C(C)(C)C(C)C)c2c1C(=O)C=CC2=O. The van der Waals surface area contributed by atoms with Gasteiger partial charge >= 0.3 is 0 Å². The van der Waals surface area contributed by atoms with E-state index in [-0.39, 0.29) is 21.6 Å². The molecule has 0 bridgehead atoms. The molecule has 0 amide bonds. The lowest BCUT2D eigenvalue weighted by atomic mass is 9.93. The molecule has 0 unspecified atom stereocenters. The molecule has 0 N–H and O–H groups in total. The van der Waals surface area contributed by atoms with Crippen molar-refractivity contribution < 1.29 is 18.4 Å². The van der Waals surface area contributed by atoms with Crippen molar-refractivity contribution in [3.8, 4) is 11.5 Å². The molecule has 0 heterocycles. The molecule has 1 aliphatic carbocycles. The van der Waals surface area contributed by atoms with E-state index in [1.165, 1.54) is 12.2 Å². The minimum atomic E-state index is -2.27. The van der Waals surface area contributed by atoms with Crippen LogP contribution in [0, 0.1) is 11.8 Å². The molecule has 0 aromatic heterocycles. The topological polar surface area (TPSA) is 52.6 Å². The number of benzene rings is 1. The molecule has 2 rings (SSSR count). The zero-order valence-electron chi connectivity index (χ0n) is 22.1. The Labute approximate surface area is 197 Å². The summed E-state index contributed by atoms with van der Waals surface area (Å²) in [5, 5.41) is -0.0500. The summed E-state index contributed by atoms with van der Waals surface area (Å²) < 4.78 is 13.2. The van der Waals surface area contributed by atoms with Gasteiger partial charge in [-0.3, -0.25) is 9.59 Å². The van der Waals surface area contributed by atoms with Gasteiger partial charge in [0.2, 0.25) is 0 Å². The zero-order chi connectivity index (χ0) is 24.9. The van der Waals surface area contributed by atoms with Crippen LogP contribution in [0.15, 0.2) is 24.3 Å². The number of fused-ring (bicyclic) bond motifs is 1. The first kappa shape index (κ1) is 26.6. The van der Waals surface area contributed by atoms with Crippen LogP contribution in [0.25, 0.3) is 0 Å². The zero-order valence-corrected chi connectivity index (χ0v) is 24.1. The van der Waals surface area contributed by atoms with Crippen molar-refractivity contribution in [2.75, 3.05) is 0 Å². The second kappa shape index (κ2) is 8.60. The van der Waals surface area contributed by atoms with E-state index in [9.17, 15) is 9.59 Å². The third-order valence-electron chi connectivity index (χ3n) is 8.73. The Morgan fingerprint density at radius 1 is 0.656 bits per heavy atom. The van der Waals surface area contributed by atoms with Crippen molar-refractivity contribution in [1.29, 1.82) is 0 Å². The fraction of sp³-hybridized carbons (Fsp3) is 0.615. The van der Waals surface area contributed by atoms with Gasteiger partial charge in [0.1, 0.15) is 11.5 Å².